The largest absolute Gasteiger partial charge is 0.372 e. The van der Waals surface area contributed by atoms with E-state index in [4.69, 9.17) is 0 Å². The highest BCUT2D eigenvalue weighted by atomic mass is 32.2. The lowest BCUT2D eigenvalue weighted by molar-refractivity contribution is -0.115. The lowest BCUT2D eigenvalue weighted by atomic mass is 10.1. The third kappa shape index (κ3) is 4.91. The van der Waals surface area contributed by atoms with E-state index in [1.165, 1.54) is 24.9 Å². The Morgan fingerprint density at radius 3 is 2.53 bits per heavy atom. The van der Waals surface area contributed by atoms with Crippen LogP contribution in [-0.4, -0.2) is 43.9 Å². The smallest absolute Gasteiger partial charge is 0.230 e. The summed E-state index contributed by atoms with van der Waals surface area (Å²) in [5.74, 6) is 0.188. The minimum Gasteiger partial charge on any atom is -0.372 e. The Balaban J connectivity index is 1.43. The average molecular weight is 428 g/mol. The number of hydrogen-bond acceptors (Lipinski definition) is 5. The molecule has 1 aromatic heterocycles. The van der Waals surface area contributed by atoms with E-state index in [2.05, 4.69) is 37.3 Å². The molecule has 3 N–H and O–H groups in total. The summed E-state index contributed by atoms with van der Waals surface area (Å²) in [6.07, 6.45) is 5.07. The van der Waals surface area contributed by atoms with Crippen LogP contribution in [0.15, 0.2) is 42.5 Å². The highest BCUT2D eigenvalue weighted by Crippen LogP contribution is 2.25. The standard InChI is InChI=1S/C21H25N5O3S/c1-30(28,29)25-16-7-10-19-18(14-16)21(24-23-19)22-20(27)13-15-5-8-17(9-6-15)26-11-3-2-4-12-26/h5-10,14,25H,2-4,11-13H2,1H3,(H2,22,23,24,27). The van der Waals surface area contributed by atoms with Crippen molar-refractivity contribution in [1.29, 1.82) is 0 Å². The minimum absolute atomic E-state index is 0.185. The molecule has 0 bridgehead atoms. The zero-order chi connectivity index (χ0) is 21.1. The number of carbonyl (C=O) groups excluding carboxylic acids is 1. The Hall–Kier alpha value is -3.07. The Morgan fingerprint density at radius 2 is 1.83 bits per heavy atom. The molecule has 0 unspecified atom stereocenters. The van der Waals surface area contributed by atoms with E-state index < -0.39 is 10.0 Å². The molecule has 0 radical (unpaired) electrons. The lowest BCUT2D eigenvalue weighted by Gasteiger charge is -2.28. The predicted molar refractivity (Wildman–Crippen MR) is 119 cm³/mol. The van der Waals surface area contributed by atoms with Gasteiger partial charge in [-0.15, -0.1) is 0 Å². The van der Waals surface area contributed by atoms with E-state index in [9.17, 15) is 13.2 Å². The fraction of sp³-hybridized carbons (Fsp3) is 0.333. The van der Waals surface area contributed by atoms with Gasteiger partial charge in [0.05, 0.1) is 18.2 Å². The number of piperidine rings is 1. The van der Waals surface area contributed by atoms with Gasteiger partial charge in [-0.1, -0.05) is 12.1 Å². The van der Waals surface area contributed by atoms with Crippen molar-refractivity contribution in [2.45, 2.75) is 25.7 Å². The number of sulfonamides is 1. The van der Waals surface area contributed by atoms with Crippen molar-refractivity contribution in [1.82, 2.24) is 10.2 Å². The number of carbonyl (C=O) groups is 1. The van der Waals surface area contributed by atoms with Gasteiger partial charge < -0.3 is 10.2 Å². The van der Waals surface area contributed by atoms with Gasteiger partial charge in [-0.25, -0.2) is 8.42 Å². The van der Waals surface area contributed by atoms with E-state index in [0.29, 0.717) is 22.4 Å². The quantitative estimate of drug-likeness (QED) is 0.560. The Labute approximate surface area is 175 Å². The van der Waals surface area contributed by atoms with Crippen LogP contribution in [0.5, 0.6) is 0 Å². The molecule has 9 heteroatoms. The van der Waals surface area contributed by atoms with Crippen molar-refractivity contribution in [3.63, 3.8) is 0 Å². The molecule has 1 fully saturated rings. The summed E-state index contributed by atoms with van der Waals surface area (Å²) in [5.41, 5.74) is 3.24. The normalized spacial score (nSPS) is 14.6. The van der Waals surface area contributed by atoms with Crippen LogP contribution in [0.2, 0.25) is 0 Å². The third-order valence-electron chi connectivity index (χ3n) is 5.15. The van der Waals surface area contributed by atoms with Crippen LogP contribution in [0, 0.1) is 0 Å². The van der Waals surface area contributed by atoms with Crippen molar-refractivity contribution >= 4 is 44.0 Å². The fourth-order valence-corrected chi connectivity index (χ4v) is 4.28. The van der Waals surface area contributed by atoms with E-state index in [-0.39, 0.29) is 12.3 Å². The molecule has 0 saturated carbocycles. The van der Waals surface area contributed by atoms with Gasteiger partial charge in [0.25, 0.3) is 0 Å². The predicted octanol–water partition coefficient (Wildman–Crippen LogP) is 3.11. The number of aromatic amines is 1. The van der Waals surface area contributed by atoms with Gasteiger partial charge in [0.1, 0.15) is 0 Å². The maximum atomic E-state index is 12.5. The van der Waals surface area contributed by atoms with Crippen LogP contribution in [0.1, 0.15) is 24.8 Å². The molecule has 2 heterocycles. The second-order valence-corrected chi connectivity index (χ2v) is 9.39. The molecule has 1 aliphatic rings. The van der Waals surface area contributed by atoms with Crippen LogP contribution in [0.3, 0.4) is 0 Å². The van der Waals surface area contributed by atoms with Crippen LogP contribution in [0.4, 0.5) is 17.2 Å². The Bertz CT molecular complexity index is 1150. The van der Waals surface area contributed by atoms with Gasteiger partial charge in [-0.2, -0.15) is 5.10 Å². The van der Waals surface area contributed by atoms with Crippen molar-refractivity contribution in [2.24, 2.45) is 0 Å². The molecular formula is C21H25N5O3S. The van der Waals surface area contributed by atoms with Gasteiger partial charge >= 0.3 is 0 Å². The Morgan fingerprint density at radius 1 is 1.10 bits per heavy atom. The molecule has 0 atom stereocenters. The fourth-order valence-electron chi connectivity index (χ4n) is 3.73. The number of nitrogens with zero attached hydrogens (tertiary/aromatic N) is 2. The van der Waals surface area contributed by atoms with Gasteiger partial charge in [-0.3, -0.25) is 14.6 Å². The first kappa shape index (κ1) is 20.2. The molecule has 1 amide bonds. The number of anilines is 3. The van der Waals surface area contributed by atoms with Crippen LogP contribution in [-0.2, 0) is 21.2 Å². The maximum Gasteiger partial charge on any atom is 0.230 e. The van der Waals surface area contributed by atoms with Crippen LogP contribution < -0.4 is 14.9 Å². The zero-order valence-electron chi connectivity index (χ0n) is 16.8. The Kier molecular flexibility index (Phi) is 5.63. The topological polar surface area (TPSA) is 107 Å². The number of H-pyrrole nitrogens is 1. The van der Waals surface area contributed by atoms with E-state index >= 15 is 0 Å². The monoisotopic (exact) mass is 427 g/mol. The summed E-state index contributed by atoms with van der Waals surface area (Å²) < 4.78 is 25.3. The van der Waals surface area contributed by atoms with Crippen molar-refractivity contribution in [3.8, 4) is 0 Å². The maximum absolute atomic E-state index is 12.5. The molecule has 1 aliphatic heterocycles. The molecule has 0 spiro atoms. The molecule has 8 nitrogen and oxygen atoms in total. The zero-order valence-corrected chi connectivity index (χ0v) is 17.6. The molecule has 0 aliphatic carbocycles. The van der Waals surface area contributed by atoms with Gasteiger partial charge in [0.15, 0.2) is 5.82 Å². The summed E-state index contributed by atoms with van der Waals surface area (Å²) in [6, 6.07) is 13.1. The third-order valence-corrected chi connectivity index (χ3v) is 5.75. The second kappa shape index (κ2) is 8.35. The number of benzene rings is 2. The molecule has 158 valence electrons. The number of rotatable bonds is 6. The number of hydrogen-bond donors (Lipinski definition) is 3. The summed E-state index contributed by atoms with van der Waals surface area (Å²) in [6.45, 7) is 2.17. The summed E-state index contributed by atoms with van der Waals surface area (Å²) in [5, 5.41) is 10.4. The summed E-state index contributed by atoms with van der Waals surface area (Å²) in [7, 11) is -3.39. The van der Waals surface area contributed by atoms with Gasteiger partial charge in [-0.05, 0) is 55.2 Å². The molecule has 2 aromatic carbocycles. The highest BCUT2D eigenvalue weighted by Gasteiger charge is 2.13. The minimum atomic E-state index is -3.39. The SMILES string of the molecule is CS(=O)(=O)Nc1ccc2[nH]nc(NC(=O)Cc3ccc(N4CCCCC4)cc3)c2c1. The van der Waals surface area contributed by atoms with Crippen molar-refractivity contribution in [3.05, 3.63) is 48.0 Å². The first-order valence-corrected chi connectivity index (χ1v) is 11.9. The number of aromatic nitrogens is 2. The van der Waals surface area contributed by atoms with E-state index in [0.717, 1.165) is 24.9 Å². The molecule has 4 rings (SSSR count). The average Bonchev–Trinajstić information content (AvgIpc) is 3.10. The number of amides is 1. The number of fused-ring (bicyclic) bond motifs is 1. The van der Waals surface area contributed by atoms with Gasteiger partial charge in [0.2, 0.25) is 15.9 Å². The molecule has 3 aromatic rings. The first-order chi connectivity index (χ1) is 14.4. The summed E-state index contributed by atoms with van der Waals surface area (Å²) in [4.78, 5) is 14.9. The van der Waals surface area contributed by atoms with Gasteiger partial charge in [0, 0.05) is 29.9 Å². The van der Waals surface area contributed by atoms with Crippen LogP contribution >= 0.6 is 0 Å². The molecule has 1 saturated heterocycles. The van der Waals surface area contributed by atoms with E-state index in [1.54, 1.807) is 18.2 Å². The summed E-state index contributed by atoms with van der Waals surface area (Å²) >= 11 is 0. The highest BCUT2D eigenvalue weighted by molar-refractivity contribution is 7.92. The first-order valence-electron chi connectivity index (χ1n) is 9.97. The lowest BCUT2D eigenvalue weighted by Crippen LogP contribution is -2.29. The molecule has 30 heavy (non-hydrogen) atoms. The van der Waals surface area contributed by atoms with E-state index in [1.807, 2.05) is 12.1 Å². The number of nitrogens with one attached hydrogen (secondary N) is 3. The van der Waals surface area contributed by atoms with Crippen LogP contribution in [0.25, 0.3) is 10.9 Å². The molecular weight excluding hydrogens is 402 g/mol. The van der Waals surface area contributed by atoms with Crippen molar-refractivity contribution < 1.29 is 13.2 Å². The second-order valence-electron chi connectivity index (χ2n) is 7.65. The van der Waals surface area contributed by atoms with Crippen molar-refractivity contribution in [2.75, 3.05) is 34.3 Å².